The third-order valence-electron chi connectivity index (χ3n) is 3.34. The summed E-state index contributed by atoms with van der Waals surface area (Å²) in [4.78, 5) is 4.18. The van der Waals surface area contributed by atoms with Gasteiger partial charge >= 0.3 is 0 Å². The molecule has 3 aromatic rings. The molecule has 8 heteroatoms. The first-order valence-corrected chi connectivity index (χ1v) is 8.47. The number of ether oxygens (including phenoxy) is 1. The zero-order valence-electron chi connectivity index (χ0n) is 13.7. The van der Waals surface area contributed by atoms with Crippen molar-refractivity contribution in [2.75, 3.05) is 5.43 Å². The zero-order chi connectivity index (χ0) is 18.5. The number of rotatable bonds is 6. The van der Waals surface area contributed by atoms with E-state index in [0.717, 1.165) is 23.9 Å². The van der Waals surface area contributed by atoms with Gasteiger partial charge in [0.1, 0.15) is 18.2 Å². The standard InChI is InChI=1S/C18H14F3N3OS/c1-11-10-26-18(23-11)24-22-8-12-2-5-17(16(21)6-12)25-9-13-7-14(19)3-4-15(13)20/h2-8,10H,9H2,1H3,(H,23,24). The Morgan fingerprint density at radius 2 is 2.00 bits per heavy atom. The second-order valence-electron chi connectivity index (χ2n) is 5.38. The number of aromatic nitrogens is 1. The molecule has 0 fully saturated rings. The molecule has 0 saturated heterocycles. The van der Waals surface area contributed by atoms with Crippen LogP contribution in [0.15, 0.2) is 46.9 Å². The van der Waals surface area contributed by atoms with E-state index in [1.54, 1.807) is 6.07 Å². The molecule has 1 N–H and O–H groups in total. The molecule has 0 saturated carbocycles. The number of hydrogen-bond donors (Lipinski definition) is 1. The summed E-state index contributed by atoms with van der Waals surface area (Å²) in [6, 6.07) is 7.26. The van der Waals surface area contributed by atoms with Gasteiger partial charge in [-0.25, -0.2) is 18.2 Å². The summed E-state index contributed by atoms with van der Waals surface area (Å²) in [5.74, 6) is -1.89. The Morgan fingerprint density at radius 3 is 2.73 bits per heavy atom. The molecule has 0 atom stereocenters. The van der Waals surface area contributed by atoms with Gasteiger partial charge in [-0.3, -0.25) is 5.43 Å². The smallest absolute Gasteiger partial charge is 0.203 e. The lowest BCUT2D eigenvalue weighted by Gasteiger charge is -2.08. The SMILES string of the molecule is Cc1csc(NN=Cc2ccc(OCc3cc(F)ccc3F)c(F)c2)n1. The van der Waals surface area contributed by atoms with Crippen molar-refractivity contribution >= 4 is 22.7 Å². The Labute approximate surface area is 152 Å². The van der Waals surface area contributed by atoms with E-state index in [9.17, 15) is 13.2 Å². The second kappa shape index (κ2) is 8.01. The van der Waals surface area contributed by atoms with Crippen LogP contribution in [0.3, 0.4) is 0 Å². The molecular weight excluding hydrogens is 363 g/mol. The fraction of sp³-hybridized carbons (Fsp3) is 0.111. The summed E-state index contributed by atoms with van der Waals surface area (Å²) >= 11 is 1.41. The molecule has 0 aliphatic rings. The first-order valence-electron chi connectivity index (χ1n) is 7.59. The molecule has 134 valence electrons. The van der Waals surface area contributed by atoms with E-state index in [2.05, 4.69) is 15.5 Å². The maximum atomic E-state index is 14.1. The van der Waals surface area contributed by atoms with Crippen molar-refractivity contribution in [3.05, 3.63) is 76.1 Å². The van der Waals surface area contributed by atoms with Crippen molar-refractivity contribution in [2.45, 2.75) is 13.5 Å². The fourth-order valence-electron chi connectivity index (χ4n) is 2.09. The van der Waals surface area contributed by atoms with Gasteiger partial charge in [-0.05, 0) is 48.9 Å². The zero-order valence-corrected chi connectivity index (χ0v) is 14.5. The number of thiazole rings is 1. The van der Waals surface area contributed by atoms with Gasteiger partial charge in [0.25, 0.3) is 0 Å². The quantitative estimate of drug-likeness (QED) is 0.491. The minimum Gasteiger partial charge on any atom is -0.486 e. The van der Waals surface area contributed by atoms with Gasteiger partial charge < -0.3 is 4.74 Å². The van der Waals surface area contributed by atoms with E-state index in [1.165, 1.54) is 29.7 Å². The summed E-state index contributed by atoms with van der Waals surface area (Å²) in [5, 5.41) is 6.50. The molecule has 0 radical (unpaired) electrons. The minimum absolute atomic E-state index is 0.0120. The molecule has 1 aromatic heterocycles. The maximum absolute atomic E-state index is 14.1. The van der Waals surface area contributed by atoms with E-state index in [4.69, 9.17) is 4.74 Å². The van der Waals surface area contributed by atoms with Crippen molar-refractivity contribution in [1.82, 2.24) is 4.98 Å². The predicted molar refractivity (Wildman–Crippen MR) is 95.2 cm³/mol. The molecule has 26 heavy (non-hydrogen) atoms. The van der Waals surface area contributed by atoms with Crippen LogP contribution >= 0.6 is 11.3 Å². The number of anilines is 1. The van der Waals surface area contributed by atoms with Crippen molar-refractivity contribution in [3.8, 4) is 5.75 Å². The van der Waals surface area contributed by atoms with Gasteiger partial charge in [0, 0.05) is 10.9 Å². The largest absolute Gasteiger partial charge is 0.486 e. The van der Waals surface area contributed by atoms with Crippen molar-refractivity contribution in [3.63, 3.8) is 0 Å². The van der Waals surface area contributed by atoms with Crippen LogP contribution in [0.25, 0.3) is 0 Å². The van der Waals surface area contributed by atoms with Crippen molar-refractivity contribution in [2.24, 2.45) is 5.10 Å². The van der Waals surface area contributed by atoms with Gasteiger partial charge in [-0.2, -0.15) is 5.10 Å². The Bertz CT molecular complexity index is 943. The summed E-state index contributed by atoms with van der Waals surface area (Å²) in [7, 11) is 0. The number of hydrazone groups is 1. The fourth-order valence-corrected chi connectivity index (χ4v) is 2.73. The number of aryl methyl sites for hydroxylation is 1. The number of halogens is 3. The van der Waals surface area contributed by atoms with Crippen LogP contribution in [0, 0.1) is 24.4 Å². The highest BCUT2D eigenvalue weighted by molar-refractivity contribution is 7.13. The molecule has 0 unspecified atom stereocenters. The highest BCUT2D eigenvalue weighted by atomic mass is 32.1. The maximum Gasteiger partial charge on any atom is 0.203 e. The number of hydrogen-bond acceptors (Lipinski definition) is 5. The van der Waals surface area contributed by atoms with E-state index in [1.807, 2.05) is 12.3 Å². The monoisotopic (exact) mass is 377 g/mol. The summed E-state index contributed by atoms with van der Waals surface area (Å²) in [6.45, 7) is 1.59. The summed E-state index contributed by atoms with van der Waals surface area (Å²) in [5.41, 5.74) is 4.16. The molecule has 4 nitrogen and oxygen atoms in total. The molecule has 3 rings (SSSR count). The highest BCUT2D eigenvalue weighted by Crippen LogP contribution is 2.20. The van der Waals surface area contributed by atoms with Crippen LogP contribution in [-0.4, -0.2) is 11.2 Å². The Morgan fingerprint density at radius 1 is 1.15 bits per heavy atom. The molecule has 0 bridgehead atoms. The van der Waals surface area contributed by atoms with E-state index in [-0.39, 0.29) is 17.9 Å². The van der Waals surface area contributed by atoms with Crippen LogP contribution in [0.4, 0.5) is 18.3 Å². The lowest BCUT2D eigenvalue weighted by molar-refractivity contribution is 0.284. The molecule has 0 amide bonds. The number of nitrogens with one attached hydrogen (secondary N) is 1. The topological polar surface area (TPSA) is 46.5 Å². The summed E-state index contributed by atoms with van der Waals surface area (Å²) in [6.07, 6.45) is 1.44. The Balaban J connectivity index is 1.62. The van der Waals surface area contributed by atoms with Gasteiger partial charge in [-0.15, -0.1) is 11.3 Å². The van der Waals surface area contributed by atoms with Crippen LogP contribution in [0.5, 0.6) is 5.75 Å². The first-order chi connectivity index (χ1) is 12.5. The average Bonchev–Trinajstić information content (AvgIpc) is 3.02. The summed E-state index contributed by atoms with van der Waals surface area (Å²) < 4.78 is 46.0. The average molecular weight is 377 g/mol. The van der Waals surface area contributed by atoms with E-state index < -0.39 is 17.5 Å². The normalized spacial score (nSPS) is 11.1. The van der Waals surface area contributed by atoms with Gasteiger partial charge in [0.05, 0.1) is 11.9 Å². The second-order valence-corrected chi connectivity index (χ2v) is 6.24. The van der Waals surface area contributed by atoms with Crippen LogP contribution in [0.2, 0.25) is 0 Å². The van der Waals surface area contributed by atoms with Crippen LogP contribution in [-0.2, 0) is 6.61 Å². The first kappa shape index (κ1) is 17.9. The van der Waals surface area contributed by atoms with Crippen LogP contribution < -0.4 is 10.2 Å². The Hall–Kier alpha value is -2.87. The molecule has 1 heterocycles. The van der Waals surface area contributed by atoms with Crippen LogP contribution in [0.1, 0.15) is 16.8 Å². The molecule has 0 spiro atoms. The van der Waals surface area contributed by atoms with Gasteiger partial charge in [-0.1, -0.05) is 0 Å². The molecule has 2 aromatic carbocycles. The third-order valence-corrected chi connectivity index (χ3v) is 4.20. The van der Waals surface area contributed by atoms with Crippen molar-refractivity contribution in [1.29, 1.82) is 0 Å². The lowest BCUT2D eigenvalue weighted by Crippen LogP contribution is -2.01. The molecular formula is C18H14F3N3OS. The minimum atomic E-state index is -0.629. The molecule has 0 aliphatic carbocycles. The number of benzene rings is 2. The highest BCUT2D eigenvalue weighted by Gasteiger charge is 2.08. The molecule has 0 aliphatic heterocycles. The third kappa shape index (κ3) is 4.60. The number of nitrogens with zero attached hydrogens (tertiary/aromatic N) is 2. The van der Waals surface area contributed by atoms with E-state index >= 15 is 0 Å². The Kier molecular flexibility index (Phi) is 5.52. The van der Waals surface area contributed by atoms with E-state index in [0.29, 0.717) is 10.7 Å². The van der Waals surface area contributed by atoms with Crippen molar-refractivity contribution < 1.29 is 17.9 Å². The van der Waals surface area contributed by atoms with Gasteiger partial charge in [0.2, 0.25) is 5.13 Å². The lowest BCUT2D eigenvalue weighted by atomic mass is 10.2. The van der Waals surface area contributed by atoms with Gasteiger partial charge in [0.15, 0.2) is 11.6 Å². The predicted octanol–water partition coefficient (Wildman–Crippen LogP) is 4.89.